The Hall–Kier alpha value is -0.820. The van der Waals surface area contributed by atoms with Gasteiger partial charge in [-0.3, -0.25) is 0 Å². The molecular formula is C18H29N. The number of rotatable bonds is 6. The van der Waals surface area contributed by atoms with Crippen LogP contribution in [0, 0.1) is 5.92 Å². The van der Waals surface area contributed by atoms with Crippen LogP contribution in [-0.2, 0) is 6.42 Å². The molecule has 1 N–H and O–H groups in total. The minimum atomic E-state index is 0.570. The fraction of sp³-hybridized carbons (Fsp3) is 0.667. The maximum atomic E-state index is 3.72. The Kier molecular flexibility index (Phi) is 5.91. The monoisotopic (exact) mass is 259 g/mol. The van der Waals surface area contributed by atoms with Crippen molar-refractivity contribution in [2.24, 2.45) is 5.92 Å². The van der Waals surface area contributed by atoms with Crippen molar-refractivity contribution >= 4 is 0 Å². The third kappa shape index (κ3) is 4.07. The zero-order valence-electron chi connectivity index (χ0n) is 12.6. The van der Waals surface area contributed by atoms with Gasteiger partial charge in [0, 0.05) is 6.04 Å². The topological polar surface area (TPSA) is 12.0 Å². The van der Waals surface area contributed by atoms with Gasteiger partial charge in [-0.1, -0.05) is 63.8 Å². The Balaban J connectivity index is 2.08. The molecule has 106 valence electrons. The molecule has 0 aliphatic heterocycles. The molecule has 0 amide bonds. The molecular weight excluding hydrogens is 230 g/mol. The summed E-state index contributed by atoms with van der Waals surface area (Å²) in [5, 5.41) is 3.72. The first kappa shape index (κ1) is 14.6. The van der Waals surface area contributed by atoms with E-state index >= 15 is 0 Å². The highest BCUT2D eigenvalue weighted by atomic mass is 14.9. The Morgan fingerprint density at radius 2 is 1.74 bits per heavy atom. The second-order valence-corrected chi connectivity index (χ2v) is 5.93. The van der Waals surface area contributed by atoms with E-state index in [0.29, 0.717) is 6.04 Å². The van der Waals surface area contributed by atoms with E-state index in [1.54, 1.807) is 0 Å². The van der Waals surface area contributed by atoms with Crippen LogP contribution in [0.1, 0.15) is 69.5 Å². The largest absolute Gasteiger partial charge is 0.310 e. The lowest BCUT2D eigenvalue weighted by molar-refractivity contribution is 0.274. The highest BCUT2D eigenvalue weighted by molar-refractivity contribution is 5.25. The van der Waals surface area contributed by atoms with E-state index in [1.807, 2.05) is 0 Å². The van der Waals surface area contributed by atoms with Gasteiger partial charge in [0.15, 0.2) is 0 Å². The molecule has 1 aromatic carbocycles. The van der Waals surface area contributed by atoms with Crippen LogP contribution < -0.4 is 5.32 Å². The molecule has 1 unspecified atom stereocenters. The molecule has 0 bridgehead atoms. The highest BCUT2D eigenvalue weighted by Gasteiger charge is 2.24. The lowest BCUT2D eigenvalue weighted by atomic mass is 9.81. The predicted molar refractivity (Wildman–Crippen MR) is 83.4 cm³/mol. The first-order valence-electron chi connectivity index (χ1n) is 8.17. The lowest BCUT2D eigenvalue weighted by Gasteiger charge is -2.31. The van der Waals surface area contributed by atoms with Crippen molar-refractivity contribution in [1.29, 1.82) is 0 Å². The van der Waals surface area contributed by atoms with Gasteiger partial charge in [-0.25, -0.2) is 0 Å². The van der Waals surface area contributed by atoms with Gasteiger partial charge in [-0.05, 0) is 42.9 Å². The molecule has 1 fully saturated rings. The second-order valence-electron chi connectivity index (χ2n) is 5.93. The van der Waals surface area contributed by atoms with Gasteiger partial charge in [-0.15, -0.1) is 0 Å². The summed E-state index contributed by atoms with van der Waals surface area (Å²) in [6.45, 7) is 5.54. The molecule has 0 spiro atoms. The SMILES string of the molecule is CCCc1ccc(C(NCC)C2CCCCC2)cc1. The minimum absolute atomic E-state index is 0.570. The van der Waals surface area contributed by atoms with Crippen molar-refractivity contribution in [3.8, 4) is 0 Å². The summed E-state index contributed by atoms with van der Waals surface area (Å²) in [4.78, 5) is 0. The smallest absolute Gasteiger partial charge is 0.0348 e. The van der Waals surface area contributed by atoms with E-state index in [0.717, 1.165) is 12.5 Å². The summed E-state index contributed by atoms with van der Waals surface area (Å²) in [6.07, 6.45) is 9.50. The molecule has 1 saturated carbocycles. The Morgan fingerprint density at radius 1 is 1.05 bits per heavy atom. The third-order valence-electron chi connectivity index (χ3n) is 4.42. The summed E-state index contributed by atoms with van der Waals surface area (Å²) < 4.78 is 0. The second kappa shape index (κ2) is 7.69. The first-order chi connectivity index (χ1) is 9.35. The van der Waals surface area contributed by atoms with Crippen LogP contribution in [0.4, 0.5) is 0 Å². The Labute approximate surface area is 118 Å². The summed E-state index contributed by atoms with van der Waals surface area (Å²) in [7, 11) is 0. The standard InChI is InChI=1S/C18H29N/c1-3-8-15-11-13-17(14-12-15)18(19-4-2)16-9-6-5-7-10-16/h11-14,16,18-19H,3-10H2,1-2H3. The summed E-state index contributed by atoms with van der Waals surface area (Å²) >= 11 is 0. The average Bonchev–Trinajstić information content (AvgIpc) is 2.47. The molecule has 0 heterocycles. The maximum absolute atomic E-state index is 3.72. The van der Waals surface area contributed by atoms with Crippen molar-refractivity contribution < 1.29 is 0 Å². The third-order valence-corrected chi connectivity index (χ3v) is 4.42. The van der Waals surface area contributed by atoms with Crippen molar-refractivity contribution in [3.63, 3.8) is 0 Å². The molecule has 1 aliphatic carbocycles. The molecule has 0 radical (unpaired) electrons. The molecule has 1 heteroatoms. The van der Waals surface area contributed by atoms with Crippen LogP contribution in [0.3, 0.4) is 0 Å². The maximum Gasteiger partial charge on any atom is 0.0348 e. The normalized spacial score (nSPS) is 18.4. The molecule has 1 aromatic rings. The molecule has 2 rings (SSSR count). The van der Waals surface area contributed by atoms with Crippen molar-refractivity contribution in [2.45, 2.75) is 64.8 Å². The van der Waals surface area contributed by atoms with Gasteiger partial charge in [0.05, 0.1) is 0 Å². The summed E-state index contributed by atoms with van der Waals surface area (Å²) in [5.74, 6) is 0.839. The van der Waals surface area contributed by atoms with Crippen LogP contribution in [0.25, 0.3) is 0 Å². The van der Waals surface area contributed by atoms with Crippen molar-refractivity contribution in [2.75, 3.05) is 6.54 Å². The summed E-state index contributed by atoms with van der Waals surface area (Å²) in [6, 6.07) is 9.93. The van der Waals surface area contributed by atoms with E-state index in [9.17, 15) is 0 Å². The number of aryl methyl sites for hydroxylation is 1. The average molecular weight is 259 g/mol. The van der Waals surface area contributed by atoms with E-state index in [2.05, 4.69) is 43.4 Å². The Morgan fingerprint density at radius 3 is 2.32 bits per heavy atom. The van der Waals surface area contributed by atoms with E-state index in [4.69, 9.17) is 0 Å². The van der Waals surface area contributed by atoms with Crippen LogP contribution >= 0.6 is 0 Å². The zero-order chi connectivity index (χ0) is 13.5. The van der Waals surface area contributed by atoms with Gasteiger partial charge in [0.25, 0.3) is 0 Å². The van der Waals surface area contributed by atoms with E-state index < -0.39 is 0 Å². The highest BCUT2D eigenvalue weighted by Crippen LogP contribution is 2.34. The summed E-state index contributed by atoms with van der Waals surface area (Å²) in [5.41, 5.74) is 2.97. The van der Waals surface area contributed by atoms with Crippen molar-refractivity contribution in [1.82, 2.24) is 5.32 Å². The van der Waals surface area contributed by atoms with Crippen LogP contribution in [0.5, 0.6) is 0 Å². The quantitative estimate of drug-likeness (QED) is 0.768. The molecule has 1 nitrogen and oxygen atoms in total. The molecule has 1 aliphatic rings. The van der Waals surface area contributed by atoms with Gasteiger partial charge in [-0.2, -0.15) is 0 Å². The van der Waals surface area contributed by atoms with E-state index in [1.165, 1.54) is 56.1 Å². The molecule has 1 atom stereocenters. The fourth-order valence-electron chi connectivity index (χ4n) is 3.42. The van der Waals surface area contributed by atoms with Crippen LogP contribution in [0.2, 0.25) is 0 Å². The first-order valence-corrected chi connectivity index (χ1v) is 8.17. The van der Waals surface area contributed by atoms with Crippen LogP contribution in [-0.4, -0.2) is 6.54 Å². The minimum Gasteiger partial charge on any atom is -0.310 e. The van der Waals surface area contributed by atoms with Gasteiger partial charge in [0.1, 0.15) is 0 Å². The molecule has 0 saturated heterocycles. The lowest BCUT2D eigenvalue weighted by Crippen LogP contribution is -2.29. The van der Waals surface area contributed by atoms with Gasteiger partial charge >= 0.3 is 0 Å². The molecule has 19 heavy (non-hydrogen) atoms. The Bertz CT molecular complexity index is 348. The van der Waals surface area contributed by atoms with Crippen molar-refractivity contribution in [3.05, 3.63) is 35.4 Å². The molecule has 0 aromatic heterocycles. The number of benzene rings is 1. The van der Waals surface area contributed by atoms with Gasteiger partial charge in [0.2, 0.25) is 0 Å². The van der Waals surface area contributed by atoms with Crippen LogP contribution in [0.15, 0.2) is 24.3 Å². The number of hydrogen-bond donors (Lipinski definition) is 1. The number of nitrogens with one attached hydrogen (secondary N) is 1. The van der Waals surface area contributed by atoms with Gasteiger partial charge < -0.3 is 5.32 Å². The van der Waals surface area contributed by atoms with E-state index in [-0.39, 0.29) is 0 Å². The fourth-order valence-corrected chi connectivity index (χ4v) is 3.42. The predicted octanol–water partition coefficient (Wildman–Crippen LogP) is 4.87. The zero-order valence-corrected chi connectivity index (χ0v) is 12.6. The number of hydrogen-bond acceptors (Lipinski definition) is 1.